The van der Waals surface area contributed by atoms with E-state index < -0.39 is 0 Å². The molecule has 0 amide bonds. The summed E-state index contributed by atoms with van der Waals surface area (Å²) < 4.78 is 0. The minimum absolute atomic E-state index is 0.228. The predicted octanol–water partition coefficient (Wildman–Crippen LogP) is 5.46. The molecule has 2 rings (SSSR count). The van der Waals surface area contributed by atoms with Crippen LogP contribution in [0.1, 0.15) is 35.2 Å². The summed E-state index contributed by atoms with van der Waals surface area (Å²) in [6.45, 7) is 7.23. The van der Waals surface area contributed by atoms with Crippen molar-refractivity contribution in [1.82, 2.24) is 5.32 Å². The van der Waals surface area contributed by atoms with E-state index in [-0.39, 0.29) is 6.04 Å². The molecule has 0 fully saturated rings. The second-order valence-corrected chi connectivity index (χ2v) is 6.01. The fourth-order valence-electron chi connectivity index (χ4n) is 2.08. The molecule has 3 heteroatoms. The van der Waals surface area contributed by atoms with Crippen molar-refractivity contribution in [3.05, 3.63) is 68.7 Å². The van der Waals surface area contributed by atoms with Gasteiger partial charge in [0.25, 0.3) is 0 Å². The van der Waals surface area contributed by atoms with Crippen molar-refractivity contribution in [3.8, 4) is 0 Å². The van der Waals surface area contributed by atoms with Crippen molar-refractivity contribution in [2.75, 3.05) is 0 Å². The van der Waals surface area contributed by atoms with Crippen LogP contribution in [0, 0.1) is 13.8 Å². The fraction of sp³-hybridized carbons (Fsp3) is 0.294. The number of halogens is 2. The molecule has 0 aliphatic carbocycles. The van der Waals surface area contributed by atoms with Gasteiger partial charge in [-0.1, -0.05) is 47.5 Å². The van der Waals surface area contributed by atoms with Gasteiger partial charge in [-0.15, -0.1) is 0 Å². The summed E-state index contributed by atoms with van der Waals surface area (Å²) in [5, 5.41) is 4.70. The van der Waals surface area contributed by atoms with Gasteiger partial charge < -0.3 is 5.32 Å². The molecule has 1 atom stereocenters. The standard InChI is InChI=1S/C17H19Cl2N/c1-11-4-5-14(8-12(11)2)10-20-13(3)15-6-7-16(18)17(19)9-15/h4-9,13,20H,10H2,1-3H3. The van der Waals surface area contributed by atoms with Gasteiger partial charge in [0.1, 0.15) is 0 Å². The highest BCUT2D eigenvalue weighted by Gasteiger charge is 2.07. The lowest BCUT2D eigenvalue weighted by Crippen LogP contribution is -2.18. The average Bonchev–Trinajstić information content (AvgIpc) is 2.43. The van der Waals surface area contributed by atoms with Crippen LogP contribution in [0.3, 0.4) is 0 Å². The first-order valence-corrected chi connectivity index (χ1v) is 7.47. The second kappa shape index (κ2) is 6.62. The number of hydrogen-bond donors (Lipinski definition) is 1. The van der Waals surface area contributed by atoms with Crippen LogP contribution < -0.4 is 5.32 Å². The summed E-state index contributed by atoms with van der Waals surface area (Å²) in [6, 6.07) is 12.5. The summed E-state index contributed by atoms with van der Waals surface area (Å²) in [5.74, 6) is 0. The maximum Gasteiger partial charge on any atom is 0.0595 e. The summed E-state index contributed by atoms with van der Waals surface area (Å²) in [5.41, 5.74) is 5.08. The zero-order valence-electron chi connectivity index (χ0n) is 12.0. The van der Waals surface area contributed by atoms with E-state index in [4.69, 9.17) is 23.2 Å². The molecule has 0 heterocycles. The normalized spacial score (nSPS) is 12.4. The van der Waals surface area contributed by atoms with Crippen molar-refractivity contribution in [1.29, 1.82) is 0 Å². The van der Waals surface area contributed by atoms with Gasteiger partial charge in [0.15, 0.2) is 0 Å². The smallest absolute Gasteiger partial charge is 0.0595 e. The van der Waals surface area contributed by atoms with Gasteiger partial charge in [-0.25, -0.2) is 0 Å². The lowest BCUT2D eigenvalue weighted by atomic mass is 10.1. The molecule has 0 saturated carbocycles. The van der Waals surface area contributed by atoms with Crippen molar-refractivity contribution < 1.29 is 0 Å². The first-order valence-electron chi connectivity index (χ1n) is 6.72. The predicted molar refractivity (Wildman–Crippen MR) is 87.6 cm³/mol. The summed E-state index contributed by atoms with van der Waals surface area (Å²) in [6.07, 6.45) is 0. The molecule has 0 aliphatic rings. The first-order chi connectivity index (χ1) is 9.47. The number of hydrogen-bond acceptors (Lipinski definition) is 1. The van der Waals surface area contributed by atoms with Crippen molar-refractivity contribution in [3.63, 3.8) is 0 Å². The van der Waals surface area contributed by atoms with Crippen molar-refractivity contribution in [2.24, 2.45) is 0 Å². The first kappa shape index (κ1) is 15.4. The third-order valence-corrected chi connectivity index (χ3v) is 4.37. The number of rotatable bonds is 4. The monoisotopic (exact) mass is 307 g/mol. The van der Waals surface area contributed by atoms with Crippen molar-refractivity contribution in [2.45, 2.75) is 33.4 Å². The molecule has 0 spiro atoms. The van der Waals surface area contributed by atoms with E-state index in [9.17, 15) is 0 Å². The van der Waals surface area contributed by atoms with Crippen LogP contribution in [0.25, 0.3) is 0 Å². The molecular formula is C17H19Cl2N. The van der Waals surface area contributed by atoms with Crippen LogP contribution in [-0.2, 0) is 6.54 Å². The number of nitrogens with one attached hydrogen (secondary N) is 1. The summed E-state index contributed by atoms with van der Waals surface area (Å²) in [4.78, 5) is 0. The van der Waals surface area contributed by atoms with E-state index in [0.717, 1.165) is 12.1 Å². The van der Waals surface area contributed by atoms with Gasteiger partial charge in [-0.3, -0.25) is 0 Å². The van der Waals surface area contributed by atoms with Gasteiger partial charge >= 0.3 is 0 Å². The van der Waals surface area contributed by atoms with Crippen LogP contribution in [0.5, 0.6) is 0 Å². The molecular weight excluding hydrogens is 289 g/mol. The molecule has 1 N–H and O–H groups in total. The molecule has 106 valence electrons. The maximum atomic E-state index is 6.05. The molecule has 1 nitrogen and oxygen atoms in total. The van der Waals surface area contributed by atoms with Gasteiger partial charge in [0.05, 0.1) is 10.0 Å². The van der Waals surface area contributed by atoms with Crippen LogP contribution in [-0.4, -0.2) is 0 Å². The van der Waals surface area contributed by atoms with Crippen molar-refractivity contribution >= 4 is 23.2 Å². The molecule has 1 unspecified atom stereocenters. The Morgan fingerprint density at radius 2 is 1.70 bits per heavy atom. The lowest BCUT2D eigenvalue weighted by Gasteiger charge is -2.15. The summed E-state index contributed by atoms with van der Waals surface area (Å²) >= 11 is 12.0. The van der Waals surface area contributed by atoms with E-state index in [0.29, 0.717) is 10.0 Å². The average molecular weight is 308 g/mol. The quantitative estimate of drug-likeness (QED) is 0.790. The van der Waals surface area contributed by atoms with Crippen LogP contribution in [0.2, 0.25) is 10.0 Å². The molecule has 2 aromatic carbocycles. The van der Waals surface area contributed by atoms with Gasteiger partial charge in [-0.2, -0.15) is 0 Å². The third kappa shape index (κ3) is 3.76. The SMILES string of the molecule is Cc1ccc(CNC(C)c2ccc(Cl)c(Cl)c2)cc1C. The number of aryl methyl sites for hydroxylation is 2. The Hall–Kier alpha value is -1.02. The third-order valence-electron chi connectivity index (χ3n) is 3.63. The number of benzene rings is 2. The largest absolute Gasteiger partial charge is 0.306 e. The zero-order valence-corrected chi connectivity index (χ0v) is 13.5. The van der Waals surface area contributed by atoms with Crippen LogP contribution >= 0.6 is 23.2 Å². The highest BCUT2D eigenvalue weighted by Crippen LogP contribution is 2.25. The van der Waals surface area contributed by atoms with E-state index in [2.05, 4.69) is 44.3 Å². The minimum atomic E-state index is 0.228. The van der Waals surface area contributed by atoms with E-state index in [1.165, 1.54) is 16.7 Å². The van der Waals surface area contributed by atoms with Crippen LogP contribution in [0.4, 0.5) is 0 Å². The second-order valence-electron chi connectivity index (χ2n) is 5.19. The molecule has 0 radical (unpaired) electrons. The molecule has 0 aliphatic heterocycles. The molecule has 2 aromatic rings. The molecule has 20 heavy (non-hydrogen) atoms. The highest BCUT2D eigenvalue weighted by atomic mass is 35.5. The Bertz CT molecular complexity index is 608. The van der Waals surface area contributed by atoms with E-state index in [1.807, 2.05) is 18.2 Å². The molecule has 0 saturated heterocycles. The minimum Gasteiger partial charge on any atom is -0.306 e. The van der Waals surface area contributed by atoms with Crippen LogP contribution in [0.15, 0.2) is 36.4 Å². The van der Waals surface area contributed by atoms with Gasteiger partial charge in [-0.05, 0) is 55.2 Å². The Labute approximate surface area is 130 Å². The Balaban J connectivity index is 2.02. The highest BCUT2D eigenvalue weighted by molar-refractivity contribution is 6.42. The Kier molecular flexibility index (Phi) is 5.09. The fourth-order valence-corrected chi connectivity index (χ4v) is 2.39. The van der Waals surface area contributed by atoms with Gasteiger partial charge in [0.2, 0.25) is 0 Å². The topological polar surface area (TPSA) is 12.0 Å². The Morgan fingerprint density at radius 3 is 2.35 bits per heavy atom. The maximum absolute atomic E-state index is 6.05. The van der Waals surface area contributed by atoms with E-state index in [1.54, 1.807) is 0 Å². The lowest BCUT2D eigenvalue weighted by molar-refractivity contribution is 0.574. The van der Waals surface area contributed by atoms with Gasteiger partial charge in [0, 0.05) is 12.6 Å². The zero-order chi connectivity index (χ0) is 14.7. The molecule has 0 bridgehead atoms. The van der Waals surface area contributed by atoms with E-state index >= 15 is 0 Å². The summed E-state index contributed by atoms with van der Waals surface area (Å²) in [7, 11) is 0. The molecule has 0 aromatic heterocycles. The Morgan fingerprint density at radius 1 is 0.950 bits per heavy atom.